The Kier molecular flexibility index (Phi) is 5.96. The van der Waals surface area contributed by atoms with Crippen LogP contribution in [0.1, 0.15) is 37.9 Å². The summed E-state index contributed by atoms with van der Waals surface area (Å²) in [7, 11) is 0. The summed E-state index contributed by atoms with van der Waals surface area (Å²) in [6.45, 7) is 3.71. The van der Waals surface area contributed by atoms with E-state index in [2.05, 4.69) is 17.1 Å². The molecule has 7 nitrogen and oxygen atoms in total. The number of nitrogens with zero attached hydrogens (tertiary/aromatic N) is 4. The Morgan fingerprint density at radius 3 is 2.57 bits per heavy atom. The zero-order valence-electron chi connectivity index (χ0n) is 19.8. The predicted octanol–water partition coefficient (Wildman–Crippen LogP) is 5.33. The van der Waals surface area contributed by atoms with Crippen molar-refractivity contribution in [2.24, 2.45) is 5.92 Å². The van der Waals surface area contributed by atoms with Gasteiger partial charge in [-0.25, -0.2) is 4.79 Å². The predicted molar refractivity (Wildman–Crippen MR) is 133 cm³/mol. The Morgan fingerprint density at radius 1 is 1.09 bits per heavy atom. The molecule has 2 aliphatic rings. The number of rotatable bonds is 4. The SMILES string of the molecule is CC(=O)N1c2ccc(-c3ccc(CC4CC4)nc3)cc2N(C(=O)Oc2cccc(C#N)c2)CC1C. The molecule has 5 rings (SSSR count). The fourth-order valence-electron chi connectivity index (χ4n) is 4.58. The van der Waals surface area contributed by atoms with E-state index in [0.29, 0.717) is 22.7 Å². The third kappa shape index (κ3) is 4.73. The van der Waals surface area contributed by atoms with Crippen LogP contribution in [0.3, 0.4) is 0 Å². The third-order valence-corrected chi connectivity index (χ3v) is 6.49. The molecule has 7 heteroatoms. The molecule has 1 aromatic heterocycles. The first-order valence-electron chi connectivity index (χ1n) is 11.8. The molecule has 1 fully saturated rings. The molecule has 3 aromatic rings. The second-order valence-corrected chi connectivity index (χ2v) is 9.25. The lowest BCUT2D eigenvalue weighted by Crippen LogP contribution is -2.52. The van der Waals surface area contributed by atoms with E-state index >= 15 is 0 Å². The van der Waals surface area contributed by atoms with Crippen LogP contribution < -0.4 is 14.5 Å². The first-order valence-corrected chi connectivity index (χ1v) is 11.8. The van der Waals surface area contributed by atoms with E-state index in [1.54, 1.807) is 28.0 Å². The van der Waals surface area contributed by atoms with Crippen molar-refractivity contribution < 1.29 is 14.3 Å². The molecule has 0 N–H and O–H groups in total. The van der Waals surface area contributed by atoms with Gasteiger partial charge in [0.15, 0.2) is 0 Å². The van der Waals surface area contributed by atoms with E-state index in [0.717, 1.165) is 29.2 Å². The minimum atomic E-state index is -0.563. The minimum absolute atomic E-state index is 0.0904. The number of hydrogen-bond donors (Lipinski definition) is 0. The van der Waals surface area contributed by atoms with Crippen LogP contribution in [0, 0.1) is 17.2 Å². The normalized spacial score (nSPS) is 16.9. The maximum atomic E-state index is 13.3. The number of pyridine rings is 1. The second kappa shape index (κ2) is 9.22. The Balaban J connectivity index is 1.48. The fourth-order valence-corrected chi connectivity index (χ4v) is 4.58. The van der Waals surface area contributed by atoms with Gasteiger partial charge in [-0.1, -0.05) is 18.2 Å². The monoisotopic (exact) mass is 466 g/mol. The summed E-state index contributed by atoms with van der Waals surface area (Å²) < 4.78 is 5.62. The van der Waals surface area contributed by atoms with Gasteiger partial charge in [-0.15, -0.1) is 0 Å². The number of fused-ring (bicyclic) bond motifs is 1. The van der Waals surface area contributed by atoms with E-state index in [4.69, 9.17) is 10.00 Å². The number of nitriles is 1. The topological polar surface area (TPSA) is 86.5 Å². The van der Waals surface area contributed by atoms with Crippen LogP contribution in [0.25, 0.3) is 11.1 Å². The number of hydrogen-bond acceptors (Lipinski definition) is 5. The molecule has 2 amide bonds. The summed E-state index contributed by atoms with van der Waals surface area (Å²) in [5.74, 6) is 0.973. The van der Waals surface area contributed by atoms with Gasteiger partial charge in [0.25, 0.3) is 0 Å². The third-order valence-electron chi connectivity index (χ3n) is 6.49. The van der Waals surface area contributed by atoms with Crippen LogP contribution >= 0.6 is 0 Å². The Morgan fingerprint density at radius 2 is 1.89 bits per heavy atom. The molecule has 0 radical (unpaired) electrons. The quantitative estimate of drug-likeness (QED) is 0.518. The minimum Gasteiger partial charge on any atom is -0.410 e. The number of ether oxygens (including phenoxy) is 1. The molecular formula is C28H26N4O3. The van der Waals surface area contributed by atoms with Gasteiger partial charge in [-0.2, -0.15) is 5.26 Å². The van der Waals surface area contributed by atoms with Crippen LogP contribution in [0.4, 0.5) is 16.2 Å². The highest BCUT2D eigenvalue weighted by atomic mass is 16.6. The maximum absolute atomic E-state index is 13.3. The van der Waals surface area contributed by atoms with Gasteiger partial charge in [0, 0.05) is 30.9 Å². The van der Waals surface area contributed by atoms with Crippen molar-refractivity contribution in [1.82, 2.24) is 4.98 Å². The van der Waals surface area contributed by atoms with Gasteiger partial charge in [0.05, 0.1) is 29.0 Å². The second-order valence-electron chi connectivity index (χ2n) is 9.25. The van der Waals surface area contributed by atoms with E-state index in [1.807, 2.05) is 37.4 Å². The highest BCUT2D eigenvalue weighted by Crippen LogP contribution is 2.39. The zero-order chi connectivity index (χ0) is 24.5. The lowest BCUT2D eigenvalue weighted by atomic mass is 10.0. The Hall–Kier alpha value is -4.18. The molecule has 0 bridgehead atoms. The van der Waals surface area contributed by atoms with Gasteiger partial charge in [-0.3, -0.25) is 14.7 Å². The smallest absolute Gasteiger partial charge is 0.410 e. The van der Waals surface area contributed by atoms with Crippen LogP contribution in [0.5, 0.6) is 5.75 Å². The van der Waals surface area contributed by atoms with E-state index in [1.165, 1.54) is 25.8 Å². The molecule has 1 atom stereocenters. The molecule has 1 aliphatic carbocycles. The van der Waals surface area contributed by atoms with Crippen LogP contribution in [-0.4, -0.2) is 29.6 Å². The van der Waals surface area contributed by atoms with Crippen molar-refractivity contribution in [1.29, 1.82) is 5.26 Å². The van der Waals surface area contributed by atoms with Gasteiger partial charge < -0.3 is 9.64 Å². The number of anilines is 2. The summed E-state index contributed by atoms with van der Waals surface area (Å²) in [6.07, 6.45) is 4.89. The van der Waals surface area contributed by atoms with Gasteiger partial charge >= 0.3 is 6.09 Å². The van der Waals surface area contributed by atoms with Gasteiger partial charge in [0.1, 0.15) is 5.75 Å². The summed E-state index contributed by atoms with van der Waals surface area (Å²) in [5, 5.41) is 9.15. The standard InChI is InChI=1S/C28H26N4O3/c1-18-17-31(28(34)35-25-5-3-4-21(13-25)15-29)27-14-22(9-11-26(27)32(18)19(2)33)23-8-10-24(30-16-23)12-20-6-7-20/h3-5,8-11,13-14,16,18,20H,6-7,12,17H2,1-2H3. The zero-order valence-corrected chi connectivity index (χ0v) is 19.8. The number of benzene rings is 2. The van der Waals surface area contributed by atoms with Gasteiger partial charge in [-0.05, 0) is 74.1 Å². The molecule has 0 spiro atoms. The van der Waals surface area contributed by atoms with Crippen molar-refractivity contribution in [2.45, 2.75) is 39.2 Å². The van der Waals surface area contributed by atoms with Crippen LogP contribution in [0.15, 0.2) is 60.8 Å². The summed E-state index contributed by atoms with van der Waals surface area (Å²) in [5.41, 5.74) is 4.59. The molecule has 2 heterocycles. The van der Waals surface area contributed by atoms with Crippen molar-refractivity contribution in [3.8, 4) is 22.9 Å². The first kappa shape index (κ1) is 22.6. The lowest BCUT2D eigenvalue weighted by Gasteiger charge is -2.40. The molecule has 1 saturated carbocycles. The number of carbonyl (C=O) groups is 2. The summed E-state index contributed by atoms with van der Waals surface area (Å²) >= 11 is 0. The molecule has 1 unspecified atom stereocenters. The van der Waals surface area contributed by atoms with Crippen molar-refractivity contribution in [3.63, 3.8) is 0 Å². The number of amides is 2. The van der Waals surface area contributed by atoms with Gasteiger partial charge in [0.2, 0.25) is 5.91 Å². The average Bonchev–Trinajstić information content (AvgIpc) is 3.67. The highest BCUT2D eigenvalue weighted by Gasteiger charge is 2.35. The lowest BCUT2D eigenvalue weighted by molar-refractivity contribution is -0.117. The van der Waals surface area contributed by atoms with E-state index in [9.17, 15) is 9.59 Å². The van der Waals surface area contributed by atoms with E-state index < -0.39 is 6.09 Å². The van der Waals surface area contributed by atoms with Crippen molar-refractivity contribution >= 4 is 23.4 Å². The highest BCUT2D eigenvalue weighted by molar-refractivity contribution is 6.03. The Labute approximate surface area is 204 Å². The molecule has 1 aliphatic heterocycles. The Bertz CT molecular complexity index is 1320. The van der Waals surface area contributed by atoms with Crippen molar-refractivity contribution in [2.75, 3.05) is 16.3 Å². The maximum Gasteiger partial charge on any atom is 0.419 e. The van der Waals surface area contributed by atoms with Crippen LogP contribution in [0.2, 0.25) is 0 Å². The van der Waals surface area contributed by atoms with E-state index in [-0.39, 0.29) is 18.5 Å². The molecule has 0 saturated heterocycles. The average molecular weight is 467 g/mol. The fraction of sp³-hybridized carbons (Fsp3) is 0.286. The summed E-state index contributed by atoms with van der Waals surface area (Å²) in [4.78, 5) is 33.6. The molecular weight excluding hydrogens is 440 g/mol. The summed E-state index contributed by atoms with van der Waals surface area (Å²) in [6, 6.07) is 18.1. The van der Waals surface area contributed by atoms with Crippen LogP contribution in [-0.2, 0) is 11.2 Å². The van der Waals surface area contributed by atoms with Crippen molar-refractivity contribution in [3.05, 3.63) is 72.1 Å². The largest absolute Gasteiger partial charge is 0.419 e. The first-order chi connectivity index (χ1) is 16.9. The molecule has 35 heavy (non-hydrogen) atoms. The molecule has 2 aromatic carbocycles. The number of aromatic nitrogens is 1. The molecule has 176 valence electrons. The number of carbonyl (C=O) groups excluding carboxylic acids is 2.